The molecule has 0 amide bonds. The lowest BCUT2D eigenvalue weighted by Gasteiger charge is -2.11. The Bertz CT molecular complexity index is 653. The fourth-order valence-electron chi connectivity index (χ4n) is 1.90. The molecule has 1 atom stereocenters. The molecule has 0 bridgehead atoms. The average Bonchev–Trinajstić information content (AvgIpc) is 2.48. The molecular formula is C15H16F2N2O2. The highest BCUT2D eigenvalue weighted by atomic mass is 19.3. The molecule has 0 saturated carbocycles. The van der Waals surface area contributed by atoms with Gasteiger partial charge in [0.15, 0.2) is 5.75 Å². The van der Waals surface area contributed by atoms with Crippen LogP contribution in [0.5, 0.6) is 5.75 Å². The fraction of sp³-hybridized carbons (Fsp3) is 0.333. The summed E-state index contributed by atoms with van der Waals surface area (Å²) in [6.07, 6.45) is 4.00. The van der Waals surface area contributed by atoms with Gasteiger partial charge in [0, 0.05) is 11.9 Å². The van der Waals surface area contributed by atoms with Gasteiger partial charge < -0.3 is 4.74 Å². The second kappa shape index (κ2) is 6.47. The van der Waals surface area contributed by atoms with Gasteiger partial charge in [-0.05, 0) is 36.6 Å². The zero-order valence-corrected chi connectivity index (χ0v) is 11.8. The van der Waals surface area contributed by atoms with Gasteiger partial charge in [0.1, 0.15) is 0 Å². The molecule has 0 aliphatic heterocycles. The molecule has 0 saturated heterocycles. The molecule has 2 heterocycles. The number of pyridine rings is 2. The minimum Gasteiger partial charge on any atom is -0.429 e. The number of ether oxygens (including phenoxy) is 1. The molecule has 0 N–H and O–H groups in total. The highest BCUT2D eigenvalue weighted by Crippen LogP contribution is 2.17. The van der Waals surface area contributed by atoms with Gasteiger partial charge in [-0.3, -0.25) is 14.3 Å². The Hall–Kier alpha value is -2.24. The van der Waals surface area contributed by atoms with E-state index >= 15 is 0 Å². The first-order valence-corrected chi connectivity index (χ1v) is 6.65. The zero-order valence-electron chi connectivity index (χ0n) is 11.8. The molecule has 0 aliphatic rings. The van der Waals surface area contributed by atoms with E-state index in [0.717, 1.165) is 12.1 Å². The molecule has 6 heteroatoms. The Morgan fingerprint density at radius 1 is 1.33 bits per heavy atom. The summed E-state index contributed by atoms with van der Waals surface area (Å²) in [5.41, 5.74) is 0.789. The van der Waals surface area contributed by atoms with Crippen LogP contribution in [-0.2, 0) is 0 Å². The van der Waals surface area contributed by atoms with Gasteiger partial charge in [-0.1, -0.05) is 13.8 Å². The van der Waals surface area contributed by atoms with Crippen LogP contribution < -0.4 is 10.3 Å². The van der Waals surface area contributed by atoms with E-state index in [0.29, 0.717) is 11.6 Å². The normalized spacial score (nSPS) is 12.4. The van der Waals surface area contributed by atoms with Crippen LogP contribution in [0.2, 0.25) is 0 Å². The van der Waals surface area contributed by atoms with Crippen molar-refractivity contribution in [2.24, 2.45) is 0 Å². The maximum atomic E-state index is 12.2. The molecule has 21 heavy (non-hydrogen) atoms. The summed E-state index contributed by atoms with van der Waals surface area (Å²) in [6, 6.07) is 6.26. The largest absolute Gasteiger partial charge is 0.429 e. The minimum absolute atomic E-state index is 0.323. The van der Waals surface area contributed by atoms with Crippen LogP contribution in [0.4, 0.5) is 8.78 Å². The van der Waals surface area contributed by atoms with Crippen LogP contribution in [-0.4, -0.2) is 16.2 Å². The van der Waals surface area contributed by atoms with Crippen molar-refractivity contribution >= 4 is 0 Å². The number of aromatic nitrogens is 2. The van der Waals surface area contributed by atoms with Gasteiger partial charge >= 0.3 is 6.61 Å². The van der Waals surface area contributed by atoms with Crippen LogP contribution in [0.25, 0.3) is 5.69 Å². The summed E-state index contributed by atoms with van der Waals surface area (Å²) in [7, 11) is 0. The number of hydrogen-bond acceptors (Lipinski definition) is 3. The summed E-state index contributed by atoms with van der Waals surface area (Å²) < 4.78 is 29.9. The van der Waals surface area contributed by atoms with Crippen molar-refractivity contribution in [3.8, 4) is 11.4 Å². The smallest absolute Gasteiger partial charge is 0.387 e. The topological polar surface area (TPSA) is 44.1 Å². The molecule has 2 rings (SSSR count). The summed E-state index contributed by atoms with van der Waals surface area (Å²) in [5.74, 6) is -0.0669. The molecule has 4 nitrogen and oxygen atoms in total. The first-order valence-electron chi connectivity index (χ1n) is 6.65. The van der Waals surface area contributed by atoms with Gasteiger partial charge in [0.2, 0.25) is 0 Å². The van der Waals surface area contributed by atoms with Crippen LogP contribution in [0.15, 0.2) is 41.5 Å². The van der Waals surface area contributed by atoms with E-state index < -0.39 is 17.9 Å². The number of halogens is 2. The first-order chi connectivity index (χ1) is 10.0. The van der Waals surface area contributed by atoms with E-state index in [9.17, 15) is 13.6 Å². The Morgan fingerprint density at radius 3 is 2.67 bits per heavy atom. The van der Waals surface area contributed by atoms with E-state index in [1.165, 1.54) is 22.9 Å². The second-order valence-electron chi connectivity index (χ2n) is 4.68. The van der Waals surface area contributed by atoms with Gasteiger partial charge in [0.05, 0.1) is 11.9 Å². The highest BCUT2D eigenvalue weighted by Gasteiger charge is 2.11. The van der Waals surface area contributed by atoms with Gasteiger partial charge in [-0.2, -0.15) is 8.78 Å². The standard InChI is InChI=1S/C15H16F2N2O2/c1-3-10(2)12-7-6-11(9-18-12)19-8-4-5-13(14(19)20)21-15(16)17/h4-10,15H,3H2,1-2H3. The van der Waals surface area contributed by atoms with Crippen LogP contribution in [0, 0.1) is 0 Å². The highest BCUT2D eigenvalue weighted by molar-refractivity contribution is 5.33. The predicted octanol–water partition coefficient (Wildman–Crippen LogP) is 3.35. The lowest BCUT2D eigenvalue weighted by atomic mass is 10.0. The Balaban J connectivity index is 2.36. The van der Waals surface area contributed by atoms with E-state index in [1.54, 1.807) is 12.3 Å². The molecule has 2 aromatic rings. The summed E-state index contributed by atoms with van der Waals surface area (Å²) in [4.78, 5) is 16.4. The minimum atomic E-state index is -3.03. The third-order valence-electron chi connectivity index (χ3n) is 3.29. The molecule has 112 valence electrons. The van der Waals surface area contributed by atoms with Crippen LogP contribution in [0.3, 0.4) is 0 Å². The van der Waals surface area contributed by atoms with Crippen molar-refractivity contribution in [1.82, 2.24) is 9.55 Å². The maximum absolute atomic E-state index is 12.2. The lowest BCUT2D eigenvalue weighted by molar-refractivity contribution is -0.0509. The summed E-state index contributed by atoms with van der Waals surface area (Å²) >= 11 is 0. The molecular weight excluding hydrogens is 278 g/mol. The van der Waals surface area contributed by atoms with Crippen molar-refractivity contribution in [1.29, 1.82) is 0 Å². The third kappa shape index (κ3) is 3.45. The number of hydrogen-bond donors (Lipinski definition) is 0. The maximum Gasteiger partial charge on any atom is 0.387 e. The fourth-order valence-corrected chi connectivity index (χ4v) is 1.90. The van der Waals surface area contributed by atoms with E-state index in [1.807, 2.05) is 6.07 Å². The van der Waals surface area contributed by atoms with Gasteiger partial charge in [-0.15, -0.1) is 0 Å². The van der Waals surface area contributed by atoms with E-state index in [4.69, 9.17) is 0 Å². The molecule has 0 aromatic carbocycles. The first kappa shape index (κ1) is 15.2. The van der Waals surface area contributed by atoms with Crippen LogP contribution in [0.1, 0.15) is 31.9 Å². The SMILES string of the molecule is CCC(C)c1ccc(-n2cccc(OC(F)F)c2=O)cn1. The Kier molecular flexibility index (Phi) is 4.67. The molecule has 0 radical (unpaired) electrons. The number of rotatable bonds is 5. The van der Waals surface area contributed by atoms with Crippen molar-refractivity contribution in [2.45, 2.75) is 32.8 Å². The van der Waals surface area contributed by atoms with Gasteiger partial charge in [0.25, 0.3) is 5.56 Å². The van der Waals surface area contributed by atoms with Crippen molar-refractivity contribution in [2.75, 3.05) is 0 Å². The number of alkyl halides is 2. The quantitative estimate of drug-likeness (QED) is 0.849. The molecule has 0 aliphatic carbocycles. The van der Waals surface area contributed by atoms with Gasteiger partial charge in [-0.25, -0.2) is 0 Å². The lowest BCUT2D eigenvalue weighted by Crippen LogP contribution is -2.21. The zero-order chi connectivity index (χ0) is 15.4. The van der Waals surface area contributed by atoms with E-state index in [2.05, 4.69) is 23.6 Å². The third-order valence-corrected chi connectivity index (χ3v) is 3.29. The number of nitrogens with zero attached hydrogens (tertiary/aromatic N) is 2. The van der Waals surface area contributed by atoms with Crippen LogP contribution >= 0.6 is 0 Å². The molecule has 0 fully saturated rings. The predicted molar refractivity (Wildman–Crippen MR) is 75.2 cm³/mol. The summed E-state index contributed by atoms with van der Waals surface area (Å²) in [6.45, 7) is 1.10. The average molecular weight is 294 g/mol. The van der Waals surface area contributed by atoms with E-state index in [-0.39, 0.29) is 0 Å². The molecule has 1 unspecified atom stereocenters. The van der Waals surface area contributed by atoms with Crippen molar-refractivity contribution in [3.05, 3.63) is 52.7 Å². The van der Waals surface area contributed by atoms with Crippen molar-refractivity contribution in [3.63, 3.8) is 0 Å². The Morgan fingerprint density at radius 2 is 2.10 bits per heavy atom. The second-order valence-corrected chi connectivity index (χ2v) is 4.68. The van der Waals surface area contributed by atoms with Crippen molar-refractivity contribution < 1.29 is 13.5 Å². The Labute approximate surface area is 121 Å². The monoisotopic (exact) mass is 294 g/mol. The summed E-state index contributed by atoms with van der Waals surface area (Å²) in [5, 5.41) is 0. The molecule has 0 spiro atoms. The molecule has 2 aromatic heterocycles.